The standard InChI is InChI=1S/C27H25FN6O3/c1-15-7-17(5-4-6-29)8-16(2)21(15)37-22-19-20(23(35)34-9-18(28)10-36-25(19,34)3)31-24(32-22)33-27-11-26(12-27,13-27)14-30/h4-5,7-8,18H,9-13H2,1-3H3,(H,31,32,33)/b5-4+/t18-,25?,26?,27?/m1/s1. The highest BCUT2D eigenvalue weighted by atomic mass is 19.1. The number of halogens is 1. The Bertz CT molecular complexity index is 1430. The summed E-state index contributed by atoms with van der Waals surface area (Å²) in [4.78, 5) is 24.0. The fourth-order valence-electron chi connectivity index (χ4n) is 6.26. The van der Waals surface area contributed by atoms with Crippen molar-refractivity contribution < 1.29 is 18.7 Å². The first-order valence-corrected chi connectivity index (χ1v) is 12.2. The Morgan fingerprint density at radius 3 is 2.59 bits per heavy atom. The van der Waals surface area contributed by atoms with Gasteiger partial charge >= 0.3 is 0 Å². The molecule has 1 N–H and O–H groups in total. The molecule has 1 aromatic carbocycles. The summed E-state index contributed by atoms with van der Waals surface area (Å²) in [6, 6.07) is 8.15. The van der Waals surface area contributed by atoms with Crippen LogP contribution in [0, 0.1) is 41.9 Å². The number of ether oxygens (including phenoxy) is 2. The van der Waals surface area contributed by atoms with Gasteiger partial charge in [-0.2, -0.15) is 15.5 Å². The number of benzene rings is 1. The molecule has 3 heterocycles. The summed E-state index contributed by atoms with van der Waals surface area (Å²) in [7, 11) is 0. The molecule has 1 aromatic heterocycles. The molecule has 2 aliphatic heterocycles. The topological polar surface area (TPSA) is 124 Å². The number of hydrogen-bond acceptors (Lipinski definition) is 8. The van der Waals surface area contributed by atoms with E-state index in [-0.39, 0.29) is 41.6 Å². The normalized spacial score (nSPS) is 31.0. The molecular formula is C27H25FN6O3. The highest BCUT2D eigenvalue weighted by molar-refractivity contribution is 5.99. The van der Waals surface area contributed by atoms with Crippen molar-refractivity contribution in [2.45, 2.75) is 57.5 Å². The molecule has 4 fully saturated rings. The quantitative estimate of drug-likeness (QED) is 0.604. The molecule has 2 atom stereocenters. The largest absolute Gasteiger partial charge is 0.438 e. The summed E-state index contributed by atoms with van der Waals surface area (Å²) in [6.07, 6.45) is 3.93. The average molecular weight is 501 g/mol. The smallest absolute Gasteiger partial charge is 0.275 e. The average Bonchev–Trinajstić information content (AvgIpc) is 3.03. The van der Waals surface area contributed by atoms with Gasteiger partial charge in [0.15, 0.2) is 5.72 Å². The minimum atomic E-state index is -1.30. The number of rotatable bonds is 5. The first kappa shape index (κ1) is 23.4. The zero-order chi connectivity index (χ0) is 26.2. The summed E-state index contributed by atoms with van der Waals surface area (Å²) in [6.45, 7) is 5.22. The number of alkyl halides is 1. The third-order valence-electron chi connectivity index (χ3n) is 7.90. The Balaban J connectivity index is 1.43. The highest BCUT2D eigenvalue weighted by Gasteiger charge is 2.69. The predicted molar refractivity (Wildman–Crippen MR) is 130 cm³/mol. The molecule has 1 saturated heterocycles. The lowest BCUT2D eigenvalue weighted by molar-refractivity contribution is -0.176. The van der Waals surface area contributed by atoms with Crippen LogP contribution in [0.25, 0.3) is 6.08 Å². The number of fused-ring (bicyclic) bond motifs is 3. The van der Waals surface area contributed by atoms with Crippen molar-refractivity contribution >= 4 is 17.9 Å². The van der Waals surface area contributed by atoms with E-state index in [2.05, 4.69) is 21.4 Å². The zero-order valence-corrected chi connectivity index (χ0v) is 20.8. The minimum absolute atomic E-state index is 0.111. The van der Waals surface area contributed by atoms with Crippen LogP contribution in [0.15, 0.2) is 18.2 Å². The molecule has 10 heteroatoms. The van der Waals surface area contributed by atoms with E-state index in [0.717, 1.165) is 16.7 Å². The maximum atomic E-state index is 14.2. The summed E-state index contributed by atoms with van der Waals surface area (Å²) in [5, 5.41) is 21.6. The predicted octanol–water partition coefficient (Wildman–Crippen LogP) is 4.28. The Labute approximate surface area is 213 Å². The molecule has 7 rings (SSSR count). The molecule has 1 unspecified atom stereocenters. The van der Waals surface area contributed by atoms with Gasteiger partial charge in [0.25, 0.3) is 5.91 Å². The van der Waals surface area contributed by atoms with Crippen molar-refractivity contribution in [2.24, 2.45) is 5.41 Å². The molecule has 5 aliphatic rings. The number of amides is 1. The van der Waals surface area contributed by atoms with Crippen LogP contribution in [-0.4, -0.2) is 45.6 Å². The van der Waals surface area contributed by atoms with Crippen LogP contribution in [0.1, 0.15) is 58.9 Å². The Hall–Kier alpha value is -4.02. The third kappa shape index (κ3) is 3.40. The Morgan fingerprint density at radius 2 is 1.95 bits per heavy atom. The van der Waals surface area contributed by atoms with Gasteiger partial charge in [-0.15, -0.1) is 0 Å². The van der Waals surface area contributed by atoms with Crippen LogP contribution in [0.2, 0.25) is 0 Å². The summed E-state index contributed by atoms with van der Waals surface area (Å²) < 4.78 is 26.5. The lowest BCUT2D eigenvalue weighted by atomic mass is 9.40. The van der Waals surface area contributed by atoms with Crippen molar-refractivity contribution in [3.8, 4) is 23.8 Å². The van der Waals surface area contributed by atoms with E-state index in [9.17, 15) is 14.4 Å². The van der Waals surface area contributed by atoms with Crippen molar-refractivity contribution in [3.63, 3.8) is 0 Å². The van der Waals surface area contributed by atoms with Crippen molar-refractivity contribution in [1.29, 1.82) is 10.5 Å². The van der Waals surface area contributed by atoms with Crippen LogP contribution in [0.5, 0.6) is 11.6 Å². The van der Waals surface area contributed by atoms with Gasteiger partial charge in [0.05, 0.1) is 36.3 Å². The fraction of sp³-hybridized carbons (Fsp3) is 0.444. The van der Waals surface area contributed by atoms with Gasteiger partial charge < -0.3 is 19.7 Å². The maximum absolute atomic E-state index is 14.2. The minimum Gasteiger partial charge on any atom is -0.438 e. The van der Waals surface area contributed by atoms with Crippen molar-refractivity contribution in [3.05, 3.63) is 46.2 Å². The van der Waals surface area contributed by atoms with Crippen molar-refractivity contribution in [1.82, 2.24) is 14.9 Å². The number of hydrogen-bond donors (Lipinski definition) is 1. The van der Waals surface area contributed by atoms with Crippen molar-refractivity contribution in [2.75, 3.05) is 18.5 Å². The second-order valence-corrected chi connectivity index (χ2v) is 10.8. The van der Waals surface area contributed by atoms with E-state index in [1.54, 1.807) is 13.0 Å². The highest BCUT2D eigenvalue weighted by Crippen LogP contribution is 2.67. The number of allylic oxidation sites excluding steroid dienone is 1. The lowest BCUT2D eigenvalue weighted by Crippen LogP contribution is -2.70. The van der Waals surface area contributed by atoms with E-state index in [1.165, 1.54) is 11.0 Å². The number of anilines is 1. The van der Waals surface area contributed by atoms with Gasteiger partial charge in [-0.3, -0.25) is 4.79 Å². The first-order valence-electron chi connectivity index (χ1n) is 12.2. The lowest BCUT2D eigenvalue weighted by Gasteiger charge is -2.66. The van der Waals surface area contributed by atoms with Crippen LogP contribution < -0.4 is 10.1 Å². The van der Waals surface area contributed by atoms with Gasteiger partial charge in [-0.25, -0.2) is 9.37 Å². The van der Waals surface area contributed by atoms with E-state index in [4.69, 9.17) is 14.7 Å². The molecule has 2 aromatic rings. The number of nitrogens with zero attached hydrogens (tertiary/aromatic N) is 5. The van der Waals surface area contributed by atoms with Gasteiger partial charge in [0.1, 0.15) is 17.6 Å². The van der Waals surface area contributed by atoms with Gasteiger partial charge in [0.2, 0.25) is 11.8 Å². The molecule has 37 heavy (non-hydrogen) atoms. The van der Waals surface area contributed by atoms with E-state index in [1.807, 2.05) is 32.0 Å². The van der Waals surface area contributed by atoms with Gasteiger partial charge in [-0.1, -0.05) is 0 Å². The van der Waals surface area contributed by atoms with Gasteiger partial charge in [-0.05, 0) is 74.9 Å². The molecule has 1 amide bonds. The Morgan fingerprint density at radius 1 is 1.24 bits per heavy atom. The molecule has 3 aliphatic carbocycles. The van der Waals surface area contributed by atoms with Crippen LogP contribution >= 0.6 is 0 Å². The Kier molecular flexibility index (Phi) is 4.89. The van der Waals surface area contributed by atoms with E-state index in [0.29, 0.717) is 30.6 Å². The van der Waals surface area contributed by atoms with E-state index >= 15 is 0 Å². The SMILES string of the molecule is Cc1cc(/C=C/C#N)cc(C)c1Oc1nc(NC23CC(C#N)(C2)C3)nc2c1C1(C)OC[C@H](F)CN1C2=O. The number of nitrogens with one attached hydrogen (secondary N) is 1. The number of carbonyl (C=O) groups excluding carboxylic acids is 1. The maximum Gasteiger partial charge on any atom is 0.275 e. The summed E-state index contributed by atoms with van der Waals surface area (Å²) in [5.74, 6) is 0.518. The molecule has 188 valence electrons. The number of aromatic nitrogens is 2. The molecule has 3 saturated carbocycles. The van der Waals surface area contributed by atoms with Crippen LogP contribution in [-0.2, 0) is 10.5 Å². The molecular weight excluding hydrogens is 475 g/mol. The first-order chi connectivity index (χ1) is 17.6. The molecule has 2 bridgehead atoms. The zero-order valence-electron chi connectivity index (χ0n) is 20.8. The number of nitriles is 2. The van der Waals surface area contributed by atoms with Gasteiger partial charge in [0, 0.05) is 11.6 Å². The third-order valence-corrected chi connectivity index (χ3v) is 7.90. The molecule has 0 spiro atoms. The summed E-state index contributed by atoms with van der Waals surface area (Å²) >= 11 is 0. The monoisotopic (exact) mass is 500 g/mol. The number of carbonyl (C=O) groups is 1. The molecule has 9 nitrogen and oxygen atoms in total. The second-order valence-electron chi connectivity index (χ2n) is 10.8. The van der Waals surface area contributed by atoms with Crippen LogP contribution in [0.3, 0.4) is 0 Å². The fourth-order valence-corrected chi connectivity index (χ4v) is 6.26. The second kappa shape index (κ2) is 7.74. The summed E-state index contributed by atoms with van der Waals surface area (Å²) in [5.41, 5.74) is 1.17. The molecule has 0 radical (unpaired) electrons. The number of aryl methyl sites for hydroxylation is 2. The van der Waals surface area contributed by atoms with E-state index < -0.39 is 17.8 Å². The van der Waals surface area contributed by atoms with Crippen LogP contribution in [0.4, 0.5) is 10.3 Å².